The fourth-order valence-electron chi connectivity index (χ4n) is 3.53. The maximum absolute atomic E-state index is 12.3. The number of aromatic nitrogens is 3. The van der Waals surface area contributed by atoms with Crippen LogP contribution in [0.1, 0.15) is 37.1 Å². The third-order valence-electron chi connectivity index (χ3n) is 5.58. The average Bonchev–Trinajstić information content (AvgIpc) is 3.42. The molecule has 4 rings (SSSR count). The molecule has 0 radical (unpaired) electrons. The van der Waals surface area contributed by atoms with Gasteiger partial charge in [0.05, 0.1) is 5.69 Å². The Kier molecular flexibility index (Phi) is 6.59. The number of hydrogen-bond donors (Lipinski definition) is 3. The van der Waals surface area contributed by atoms with Crippen molar-refractivity contribution in [2.24, 2.45) is 5.73 Å². The zero-order valence-electron chi connectivity index (χ0n) is 18.0. The van der Waals surface area contributed by atoms with Gasteiger partial charge in [-0.1, -0.05) is 37.6 Å². The lowest BCUT2D eigenvalue weighted by molar-refractivity contribution is 0.251. The summed E-state index contributed by atoms with van der Waals surface area (Å²) in [7, 11) is 0. The Balaban J connectivity index is 1.31. The molecule has 1 aromatic carbocycles. The molecule has 1 unspecified atom stereocenters. The summed E-state index contributed by atoms with van der Waals surface area (Å²) in [5, 5.41) is 8.81. The Hall–Kier alpha value is -2.75. The first-order chi connectivity index (χ1) is 15.3. The molecule has 1 saturated heterocycles. The SMILES string of the molecule is CC(C)(c1ccc(Cl)cc1)c1csc(NC(=O)NCc2cnc(N3CCC(N)C3)nc2)n1. The van der Waals surface area contributed by atoms with E-state index in [0.717, 1.165) is 36.3 Å². The third-order valence-corrected chi connectivity index (χ3v) is 6.59. The second-order valence-corrected chi connectivity index (χ2v) is 9.66. The number of hydrogen-bond acceptors (Lipinski definition) is 7. The van der Waals surface area contributed by atoms with Crippen molar-refractivity contribution in [2.75, 3.05) is 23.3 Å². The van der Waals surface area contributed by atoms with E-state index in [1.807, 2.05) is 29.6 Å². The van der Waals surface area contributed by atoms with Crippen LogP contribution in [0.4, 0.5) is 15.9 Å². The van der Waals surface area contributed by atoms with Crippen LogP contribution in [0.15, 0.2) is 42.0 Å². The summed E-state index contributed by atoms with van der Waals surface area (Å²) in [6.07, 6.45) is 4.40. The number of urea groups is 1. The van der Waals surface area contributed by atoms with E-state index >= 15 is 0 Å². The molecule has 2 amide bonds. The summed E-state index contributed by atoms with van der Waals surface area (Å²) in [5.74, 6) is 0.671. The second kappa shape index (κ2) is 9.40. The van der Waals surface area contributed by atoms with Crippen LogP contribution in [-0.4, -0.2) is 40.1 Å². The van der Waals surface area contributed by atoms with Crippen molar-refractivity contribution in [3.05, 3.63) is 63.9 Å². The highest BCUT2D eigenvalue weighted by atomic mass is 35.5. The van der Waals surface area contributed by atoms with Gasteiger partial charge in [-0.2, -0.15) is 0 Å². The first-order valence-corrected chi connectivity index (χ1v) is 11.7. The molecule has 1 aliphatic rings. The van der Waals surface area contributed by atoms with Crippen LogP contribution in [0.2, 0.25) is 5.02 Å². The average molecular weight is 472 g/mol. The number of anilines is 2. The van der Waals surface area contributed by atoms with E-state index in [1.165, 1.54) is 11.3 Å². The van der Waals surface area contributed by atoms with Crippen molar-refractivity contribution in [3.8, 4) is 0 Å². The number of halogens is 1. The molecule has 3 heterocycles. The van der Waals surface area contributed by atoms with Gasteiger partial charge < -0.3 is 16.0 Å². The highest BCUT2D eigenvalue weighted by Crippen LogP contribution is 2.33. The first-order valence-electron chi connectivity index (χ1n) is 10.4. The molecule has 1 aliphatic heterocycles. The van der Waals surface area contributed by atoms with Crippen molar-refractivity contribution in [1.29, 1.82) is 0 Å². The van der Waals surface area contributed by atoms with E-state index in [0.29, 0.717) is 22.6 Å². The van der Waals surface area contributed by atoms with Crippen molar-refractivity contribution in [2.45, 2.75) is 38.3 Å². The number of nitrogens with zero attached hydrogens (tertiary/aromatic N) is 4. The predicted octanol–water partition coefficient (Wildman–Crippen LogP) is 3.77. The Labute approximate surface area is 196 Å². The topological polar surface area (TPSA) is 109 Å². The van der Waals surface area contributed by atoms with Crippen LogP contribution in [0.3, 0.4) is 0 Å². The number of benzene rings is 1. The van der Waals surface area contributed by atoms with E-state index in [-0.39, 0.29) is 17.5 Å². The number of carbonyl (C=O) groups excluding carboxylic acids is 1. The van der Waals surface area contributed by atoms with E-state index in [4.69, 9.17) is 17.3 Å². The number of carbonyl (C=O) groups is 1. The molecule has 1 fully saturated rings. The lowest BCUT2D eigenvalue weighted by Crippen LogP contribution is -2.29. The molecule has 0 aliphatic carbocycles. The fraction of sp³-hybridized carbons (Fsp3) is 0.364. The molecule has 10 heteroatoms. The van der Waals surface area contributed by atoms with Gasteiger partial charge in [0.1, 0.15) is 0 Å². The van der Waals surface area contributed by atoms with Crippen molar-refractivity contribution >= 4 is 40.0 Å². The van der Waals surface area contributed by atoms with Crippen molar-refractivity contribution in [3.63, 3.8) is 0 Å². The highest BCUT2D eigenvalue weighted by Gasteiger charge is 2.26. The minimum absolute atomic E-state index is 0.173. The molecule has 0 spiro atoms. The van der Waals surface area contributed by atoms with Gasteiger partial charge in [-0.15, -0.1) is 11.3 Å². The summed E-state index contributed by atoms with van der Waals surface area (Å²) in [6.45, 7) is 6.14. The molecule has 8 nitrogen and oxygen atoms in total. The minimum Gasteiger partial charge on any atom is -0.339 e. The summed E-state index contributed by atoms with van der Waals surface area (Å²) < 4.78 is 0. The lowest BCUT2D eigenvalue weighted by Gasteiger charge is -2.23. The van der Waals surface area contributed by atoms with Gasteiger partial charge in [-0.3, -0.25) is 5.32 Å². The van der Waals surface area contributed by atoms with E-state index in [2.05, 4.69) is 44.3 Å². The standard InChI is InChI=1S/C22H26ClN7OS/c1-22(2,15-3-5-16(23)6-4-15)18-13-32-21(28-18)29-20(31)27-11-14-9-25-19(26-10-14)30-8-7-17(24)12-30/h3-6,9-10,13,17H,7-8,11-12,24H2,1-2H3,(H2,27,28,29,31). The van der Waals surface area contributed by atoms with Gasteiger partial charge in [0, 0.05) is 59.5 Å². The second-order valence-electron chi connectivity index (χ2n) is 8.36. The molecule has 0 saturated carbocycles. The molecule has 3 aromatic rings. The number of amides is 2. The Morgan fingerprint density at radius 1 is 1.28 bits per heavy atom. The molecular formula is C22H26ClN7OS. The first kappa shape index (κ1) is 22.4. The normalized spacial score (nSPS) is 16.2. The van der Waals surface area contributed by atoms with Gasteiger partial charge in [0.15, 0.2) is 5.13 Å². The smallest absolute Gasteiger partial charge is 0.321 e. The summed E-state index contributed by atoms with van der Waals surface area (Å²) in [5.41, 5.74) is 8.42. The Bertz CT molecular complexity index is 1070. The van der Waals surface area contributed by atoms with Gasteiger partial charge >= 0.3 is 6.03 Å². The monoisotopic (exact) mass is 471 g/mol. The Morgan fingerprint density at radius 2 is 2.00 bits per heavy atom. The molecule has 168 valence electrons. The lowest BCUT2D eigenvalue weighted by atomic mass is 9.82. The zero-order chi connectivity index (χ0) is 22.7. The summed E-state index contributed by atoms with van der Waals surface area (Å²) in [4.78, 5) is 27.8. The molecule has 1 atom stereocenters. The van der Waals surface area contributed by atoms with E-state index in [1.54, 1.807) is 12.4 Å². The van der Waals surface area contributed by atoms with Crippen LogP contribution in [-0.2, 0) is 12.0 Å². The fourth-order valence-corrected chi connectivity index (χ4v) is 4.53. The van der Waals surface area contributed by atoms with Crippen LogP contribution < -0.4 is 21.3 Å². The maximum atomic E-state index is 12.3. The number of nitrogens with one attached hydrogen (secondary N) is 2. The quantitative estimate of drug-likeness (QED) is 0.505. The summed E-state index contributed by atoms with van der Waals surface area (Å²) in [6, 6.07) is 7.57. The maximum Gasteiger partial charge on any atom is 0.321 e. The van der Waals surface area contributed by atoms with Crippen molar-refractivity contribution < 1.29 is 4.79 Å². The number of thiazole rings is 1. The van der Waals surface area contributed by atoms with Gasteiger partial charge in [0.2, 0.25) is 5.95 Å². The summed E-state index contributed by atoms with van der Waals surface area (Å²) >= 11 is 7.39. The van der Waals surface area contributed by atoms with Crippen LogP contribution in [0.25, 0.3) is 0 Å². The van der Waals surface area contributed by atoms with Crippen molar-refractivity contribution in [1.82, 2.24) is 20.3 Å². The molecule has 2 aromatic heterocycles. The van der Waals surface area contributed by atoms with E-state index < -0.39 is 0 Å². The number of nitrogens with two attached hydrogens (primary N) is 1. The predicted molar refractivity (Wildman–Crippen MR) is 128 cm³/mol. The zero-order valence-corrected chi connectivity index (χ0v) is 19.6. The third kappa shape index (κ3) is 5.17. The van der Waals surface area contributed by atoms with Gasteiger partial charge in [-0.25, -0.2) is 19.7 Å². The molecule has 4 N–H and O–H groups in total. The largest absolute Gasteiger partial charge is 0.339 e. The van der Waals surface area contributed by atoms with Crippen LogP contribution in [0.5, 0.6) is 0 Å². The molecular weight excluding hydrogens is 446 g/mol. The van der Waals surface area contributed by atoms with Gasteiger partial charge in [0.25, 0.3) is 0 Å². The highest BCUT2D eigenvalue weighted by molar-refractivity contribution is 7.13. The number of rotatable bonds is 6. The van der Waals surface area contributed by atoms with Crippen LogP contribution >= 0.6 is 22.9 Å². The Morgan fingerprint density at radius 3 is 2.66 bits per heavy atom. The van der Waals surface area contributed by atoms with Crippen LogP contribution in [0, 0.1) is 0 Å². The van der Waals surface area contributed by atoms with Gasteiger partial charge in [-0.05, 0) is 24.1 Å². The molecule has 32 heavy (non-hydrogen) atoms. The minimum atomic E-state index is -0.329. The van der Waals surface area contributed by atoms with E-state index in [9.17, 15) is 4.79 Å². The molecule has 0 bridgehead atoms.